The lowest BCUT2D eigenvalue weighted by molar-refractivity contribution is -0.143. The zero-order valence-corrected chi connectivity index (χ0v) is 13.8. The molecule has 1 unspecified atom stereocenters. The molecule has 122 valence electrons. The summed E-state index contributed by atoms with van der Waals surface area (Å²) in [4.78, 5) is 25.9. The molecule has 0 radical (unpaired) electrons. The van der Waals surface area contributed by atoms with Crippen LogP contribution in [0.3, 0.4) is 0 Å². The molecule has 0 bridgehead atoms. The topological polar surface area (TPSA) is 77.8 Å². The van der Waals surface area contributed by atoms with Crippen molar-refractivity contribution in [2.45, 2.75) is 12.5 Å². The van der Waals surface area contributed by atoms with Crippen molar-refractivity contribution in [1.82, 2.24) is 4.90 Å². The molecule has 2 atom stereocenters. The molecule has 1 saturated heterocycles. The van der Waals surface area contributed by atoms with Crippen molar-refractivity contribution in [3.05, 3.63) is 46.5 Å². The molecule has 2 N–H and O–H groups in total. The van der Waals surface area contributed by atoms with Crippen molar-refractivity contribution in [2.75, 3.05) is 18.8 Å². The highest BCUT2D eigenvalue weighted by Crippen LogP contribution is 2.36. The van der Waals surface area contributed by atoms with E-state index >= 15 is 0 Å². The third-order valence-electron chi connectivity index (χ3n) is 4.16. The molecule has 1 aromatic carbocycles. The summed E-state index contributed by atoms with van der Waals surface area (Å²) >= 11 is 6.17. The number of piperidine rings is 1. The number of hydrogen-bond donors (Lipinski definition) is 2. The molecule has 2 aliphatic rings. The molecule has 0 saturated carbocycles. The lowest BCUT2D eigenvalue weighted by Gasteiger charge is -2.34. The molecule has 0 aliphatic carbocycles. The molecule has 23 heavy (non-hydrogen) atoms. The molecule has 2 aliphatic heterocycles. The van der Waals surface area contributed by atoms with Crippen molar-refractivity contribution >= 4 is 38.2 Å². The van der Waals surface area contributed by atoms with Crippen molar-refractivity contribution in [3.63, 3.8) is 0 Å². The van der Waals surface area contributed by atoms with Crippen LogP contribution >= 0.6 is 22.1 Å². The van der Waals surface area contributed by atoms with E-state index in [2.05, 4.69) is 0 Å². The zero-order chi connectivity index (χ0) is 16.6. The van der Waals surface area contributed by atoms with Crippen LogP contribution in [0.1, 0.15) is 18.0 Å². The van der Waals surface area contributed by atoms with Crippen LogP contribution in [-0.2, 0) is 4.79 Å². The molecule has 3 rings (SSSR count). The highest BCUT2D eigenvalue weighted by atomic mass is 35.5. The summed E-state index contributed by atoms with van der Waals surface area (Å²) in [6.07, 6.45) is 2.53. The minimum Gasteiger partial charge on any atom is -0.480 e. The van der Waals surface area contributed by atoms with Gasteiger partial charge in [-0.25, -0.2) is 4.79 Å². The number of halogens is 1. The SMILES string of the molecule is O=C(O)[C@H](c1ccccc1Cl)N1CCC2=S(C(=O)O)CC=C2C1. The fraction of sp³-hybridized carbons (Fsp3) is 0.312. The summed E-state index contributed by atoms with van der Waals surface area (Å²) in [5.41, 5.74) is 1.54. The van der Waals surface area contributed by atoms with Crippen molar-refractivity contribution in [3.8, 4) is 0 Å². The van der Waals surface area contributed by atoms with E-state index in [0.717, 1.165) is 10.4 Å². The van der Waals surface area contributed by atoms with Gasteiger partial charge < -0.3 is 10.2 Å². The molecule has 1 aromatic rings. The Labute approximate surface area is 141 Å². The number of fused-ring (bicyclic) bond motifs is 1. The Hall–Kier alpha value is -1.63. The molecule has 0 amide bonds. The number of carboxylic acids is 1. The number of hydrogen-bond acceptors (Lipinski definition) is 3. The largest absolute Gasteiger partial charge is 0.480 e. The van der Waals surface area contributed by atoms with Crippen LogP contribution in [0.5, 0.6) is 0 Å². The van der Waals surface area contributed by atoms with E-state index in [0.29, 0.717) is 35.8 Å². The van der Waals surface area contributed by atoms with Gasteiger partial charge in [-0.3, -0.25) is 9.69 Å². The van der Waals surface area contributed by atoms with Gasteiger partial charge in [-0.1, -0.05) is 46.4 Å². The number of carboxylic acid groups (broad SMARTS) is 2. The first kappa shape index (κ1) is 16.2. The minimum atomic E-state index is -0.947. The second-order valence-electron chi connectivity index (χ2n) is 5.46. The minimum absolute atomic E-state index is 0.431. The van der Waals surface area contributed by atoms with Gasteiger partial charge in [-0.15, -0.1) is 0 Å². The number of carbonyl (C=O) groups is 2. The highest BCUT2D eigenvalue weighted by molar-refractivity contribution is 8.28. The fourth-order valence-electron chi connectivity index (χ4n) is 3.12. The van der Waals surface area contributed by atoms with Crippen LogP contribution in [0.4, 0.5) is 4.79 Å². The van der Waals surface area contributed by atoms with E-state index in [-0.39, 0.29) is 0 Å². The summed E-state index contributed by atoms with van der Waals surface area (Å²) in [6.45, 7) is 0.972. The predicted octanol–water partition coefficient (Wildman–Crippen LogP) is 3.23. The van der Waals surface area contributed by atoms with E-state index < -0.39 is 27.8 Å². The van der Waals surface area contributed by atoms with E-state index in [1.54, 1.807) is 24.3 Å². The lowest BCUT2D eigenvalue weighted by Crippen LogP contribution is -2.41. The summed E-state index contributed by atoms with van der Waals surface area (Å²) in [5.74, 6) is -0.421. The average molecular weight is 354 g/mol. The van der Waals surface area contributed by atoms with Crippen molar-refractivity contribution in [1.29, 1.82) is 0 Å². The van der Waals surface area contributed by atoms with Crippen LogP contribution < -0.4 is 0 Å². The molecular formula is C16H16ClNO4S. The van der Waals surface area contributed by atoms with Crippen LogP contribution in [0, 0.1) is 0 Å². The van der Waals surface area contributed by atoms with Gasteiger partial charge >= 0.3 is 11.3 Å². The Morgan fingerprint density at radius 2 is 2.00 bits per heavy atom. The Bertz CT molecular complexity index is 743. The first-order valence-electron chi connectivity index (χ1n) is 7.19. The molecule has 5 nitrogen and oxygen atoms in total. The van der Waals surface area contributed by atoms with Gasteiger partial charge in [-0.05, 0) is 28.5 Å². The van der Waals surface area contributed by atoms with Crippen molar-refractivity contribution in [2.24, 2.45) is 0 Å². The normalized spacial score (nSPS) is 22.4. The zero-order valence-electron chi connectivity index (χ0n) is 12.2. The summed E-state index contributed by atoms with van der Waals surface area (Å²) in [5, 5.41) is 18.6. The third-order valence-corrected chi connectivity index (χ3v) is 6.49. The average Bonchev–Trinajstić information content (AvgIpc) is 2.92. The molecule has 0 aromatic heterocycles. The number of benzene rings is 1. The number of nitrogens with zero attached hydrogens (tertiary/aromatic N) is 1. The third kappa shape index (κ3) is 3.06. The Morgan fingerprint density at radius 1 is 1.26 bits per heavy atom. The maximum atomic E-state index is 11.8. The van der Waals surface area contributed by atoms with E-state index in [1.807, 2.05) is 11.0 Å². The van der Waals surface area contributed by atoms with E-state index in [9.17, 15) is 19.8 Å². The van der Waals surface area contributed by atoms with Gasteiger partial charge in [0.2, 0.25) is 0 Å². The fourth-order valence-corrected chi connectivity index (χ4v) is 5.08. The first-order valence-corrected chi connectivity index (χ1v) is 8.96. The summed E-state index contributed by atoms with van der Waals surface area (Å²) < 4.78 is 0. The van der Waals surface area contributed by atoms with Gasteiger partial charge in [0.15, 0.2) is 0 Å². The number of rotatable bonds is 3. The smallest absolute Gasteiger partial charge is 0.359 e. The monoisotopic (exact) mass is 353 g/mol. The molecule has 2 heterocycles. The quantitative estimate of drug-likeness (QED) is 0.816. The molecular weight excluding hydrogens is 338 g/mol. The molecule has 0 spiro atoms. The predicted molar refractivity (Wildman–Crippen MR) is 91.6 cm³/mol. The Morgan fingerprint density at radius 3 is 2.65 bits per heavy atom. The summed E-state index contributed by atoms with van der Waals surface area (Å²) in [6, 6.07) is 6.13. The van der Waals surface area contributed by atoms with Crippen molar-refractivity contribution < 1.29 is 19.8 Å². The van der Waals surface area contributed by atoms with Gasteiger partial charge in [0.1, 0.15) is 6.04 Å². The second-order valence-corrected chi connectivity index (χ2v) is 7.82. The van der Waals surface area contributed by atoms with E-state index in [1.165, 1.54) is 0 Å². The maximum Gasteiger partial charge on any atom is 0.359 e. The summed E-state index contributed by atoms with van der Waals surface area (Å²) in [7, 11) is -0.743. The second kappa shape index (κ2) is 6.47. The number of aliphatic carboxylic acids is 1. The van der Waals surface area contributed by atoms with Gasteiger partial charge in [-0.2, -0.15) is 0 Å². The highest BCUT2D eigenvalue weighted by Gasteiger charge is 2.35. The van der Waals surface area contributed by atoms with Crippen LogP contribution in [0.15, 0.2) is 35.9 Å². The van der Waals surface area contributed by atoms with E-state index in [4.69, 9.17) is 11.6 Å². The number of likely N-dealkylation sites (tertiary alicyclic amines) is 1. The standard InChI is InChI=1S/C16H16ClNO4S/c17-12-4-2-1-3-11(12)14(15(19)20)18-7-5-13-10(9-18)6-8-23(13)16(21)22/h1-4,6,14H,5,7-9H2,(H,19,20)(H,21,22)/t14-,23?/m0/s1. The molecule has 1 fully saturated rings. The Kier molecular flexibility index (Phi) is 4.57. The van der Waals surface area contributed by atoms with Crippen LogP contribution in [0.2, 0.25) is 5.02 Å². The van der Waals surface area contributed by atoms with Crippen LogP contribution in [0.25, 0.3) is 0 Å². The first-order chi connectivity index (χ1) is 11.0. The Balaban J connectivity index is 1.89. The van der Waals surface area contributed by atoms with Gasteiger partial charge in [0.25, 0.3) is 0 Å². The maximum absolute atomic E-state index is 11.8. The van der Waals surface area contributed by atoms with Crippen LogP contribution in [-0.4, -0.2) is 50.1 Å². The lowest BCUT2D eigenvalue weighted by atomic mass is 9.99. The van der Waals surface area contributed by atoms with Gasteiger partial charge in [0, 0.05) is 23.9 Å². The van der Waals surface area contributed by atoms with Gasteiger partial charge in [0.05, 0.1) is 0 Å². The molecule has 7 heteroatoms.